The molecule has 2 atom stereocenters. The lowest BCUT2D eigenvalue weighted by atomic mass is 10.2. The highest BCUT2D eigenvalue weighted by atomic mass is 16.5. The zero-order chi connectivity index (χ0) is 21.7. The maximum Gasteiger partial charge on any atom is 0.309 e. The van der Waals surface area contributed by atoms with Gasteiger partial charge in [0.2, 0.25) is 0 Å². The van der Waals surface area contributed by atoms with Gasteiger partial charge in [0, 0.05) is 17.7 Å². The Labute approximate surface area is 174 Å². The first-order chi connectivity index (χ1) is 14.4. The number of esters is 1. The van der Waals surface area contributed by atoms with Crippen LogP contribution in [0.1, 0.15) is 23.7 Å². The molecule has 2 aromatic carbocycles. The van der Waals surface area contributed by atoms with Crippen LogP contribution in [0.5, 0.6) is 11.5 Å². The second-order valence-corrected chi connectivity index (χ2v) is 7.05. The van der Waals surface area contributed by atoms with E-state index in [1.807, 2.05) is 13.0 Å². The molecule has 8 nitrogen and oxygen atoms in total. The van der Waals surface area contributed by atoms with Gasteiger partial charge in [-0.3, -0.25) is 14.4 Å². The number of methoxy groups -OCH3 is 2. The van der Waals surface area contributed by atoms with E-state index in [1.54, 1.807) is 30.3 Å². The van der Waals surface area contributed by atoms with Gasteiger partial charge in [0.05, 0.1) is 31.5 Å². The number of carbonyl (C=O) groups is 3. The molecule has 30 heavy (non-hydrogen) atoms. The van der Waals surface area contributed by atoms with Crippen molar-refractivity contribution < 1.29 is 28.6 Å². The molecule has 0 aliphatic heterocycles. The molecular formula is C22H24N2O6. The van der Waals surface area contributed by atoms with E-state index in [2.05, 4.69) is 10.6 Å². The topological polar surface area (TPSA) is 103 Å². The highest BCUT2D eigenvalue weighted by Gasteiger charge is 2.40. The fraction of sp³-hybridized carbons (Fsp3) is 0.318. The van der Waals surface area contributed by atoms with Crippen LogP contribution in [-0.2, 0) is 14.3 Å². The number of hydrogen-bond acceptors (Lipinski definition) is 6. The Morgan fingerprint density at radius 1 is 0.967 bits per heavy atom. The number of rotatable bonds is 8. The van der Waals surface area contributed by atoms with Gasteiger partial charge in [0.25, 0.3) is 11.8 Å². The normalized spacial score (nSPS) is 16.9. The van der Waals surface area contributed by atoms with Crippen molar-refractivity contribution in [3.63, 3.8) is 0 Å². The molecule has 0 unspecified atom stereocenters. The molecule has 0 spiro atoms. The Balaban J connectivity index is 1.70. The molecule has 1 aliphatic rings. The predicted octanol–water partition coefficient (Wildman–Crippen LogP) is 3.09. The van der Waals surface area contributed by atoms with Gasteiger partial charge in [-0.15, -0.1) is 0 Å². The van der Waals surface area contributed by atoms with Gasteiger partial charge >= 0.3 is 5.97 Å². The van der Waals surface area contributed by atoms with Crippen LogP contribution in [0.25, 0.3) is 0 Å². The summed E-state index contributed by atoms with van der Waals surface area (Å²) in [4.78, 5) is 36.4. The van der Waals surface area contributed by atoms with E-state index in [-0.39, 0.29) is 24.4 Å². The average Bonchev–Trinajstić information content (AvgIpc) is 3.49. The molecule has 0 saturated heterocycles. The van der Waals surface area contributed by atoms with Crippen LogP contribution < -0.4 is 20.1 Å². The summed E-state index contributed by atoms with van der Waals surface area (Å²) in [6.45, 7) is 1.57. The molecule has 2 amide bonds. The lowest BCUT2D eigenvalue weighted by molar-refractivity contribution is -0.148. The molecule has 1 fully saturated rings. The number of amides is 2. The van der Waals surface area contributed by atoms with Crippen LogP contribution in [0.2, 0.25) is 0 Å². The first-order valence-corrected chi connectivity index (χ1v) is 9.51. The van der Waals surface area contributed by atoms with Crippen molar-refractivity contribution in [3.8, 4) is 11.5 Å². The molecular weight excluding hydrogens is 388 g/mol. The van der Waals surface area contributed by atoms with Gasteiger partial charge in [-0.1, -0.05) is 25.1 Å². The summed E-state index contributed by atoms with van der Waals surface area (Å²) >= 11 is 0. The summed E-state index contributed by atoms with van der Waals surface area (Å²) in [5.41, 5.74) is 1.20. The minimum atomic E-state index is -0.502. The fourth-order valence-electron chi connectivity index (χ4n) is 2.96. The largest absolute Gasteiger partial charge is 0.494 e. The lowest BCUT2D eigenvalue weighted by Gasteiger charge is -2.16. The number of benzene rings is 2. The van der Waals surface area contributed by atoms with Gasteiger partial charge in [-0.2, -0.15) is 0 Å². The van der Waals surface area contributed by atoms with Crippen LogP contribution in [0.4, 0.5) is 11.4 Å². The molecule has 2 aromatic rings. The number of anilines is 2. The number of ether oxygens (including phenoxy) is 3. The van der Waals surface area contributed by atoms with Gasteiger partial charge in [0.1, 0.15) is 11.5 Å². The predicted molar refractivity (Wildman–Crippen MR) is 111 cm³/mol. The smallest absolute Gasteiger partial charge is 0.309 e. The Morgan fingerprint density at radius 3 is 2.07 bits per heavy atom. The zero-order valence-electron chi connectivity index (χ0n) is 17.1. The molecule has 1 aliphatic carbocycles. The van der Waals surface area contributed by atoms with E-state index >= 15 is 0 Å². The van der Waals surface area contributed by atoms with Crippen molar-refractivity contribution in [1.29, 1.82) is 0 Å². The minimum Gasteiger partial charge on any atom is -0.494 e. The minimum absolute atomic E-state index is 0.111. The SMILES string of the molecule is COc1cc(NC(=O)c2ccccc2)c(OC)cc1NC(=O)COC(=O)[C@H]1C[C@H]1C. The zero-order valence-corrected chi connectivity index (χ0v) is 17.1. The first kappa shape index (κ1) is 21.2. The summed E-state index contributed by atoms with van der Waals surface area (Å²) in [6.07, 6.45) is 0.793. The molecule has 3 rings (SSSR count). The first-order valence-electron chi connectivity index (χ1n) is 9.51. The monoisotopic (exact) mass is 412 g/mol. The summed E-state index contributed by atoms with van der Waals surface area (Å²) in [5, 5.41) is 5.41. The van der Waals surface area contributed by atoms with E-state index in [9.17, 15) is 14.4 Å². The molecule has 0 aromatic heterocycles. The third-order valence-electron chi connectivity index (χ3n) is 4.84. The number of carbonyl (C=O) groups excluding carboxylic acids is 3. The average molecular weight is 412 g/mol. The van der Waals surface area contributed by atoms with E-state index in [4.69, 9.17) is 14.2 Å². The van der Waals surface area contributed by atoms with Crippen LogP contribution in [0.3, 0.4) is 0 Å². The summed E-state index contributed by atoms with van der Waals surface area (Å²) < 4.78 is 15.7. The van der Waals surface area contributed by atoms with E-state index < -0.39 is 5.91 Å². The van der Waals surface area contributed by atoms with E-state index in [0.29, 0.717) is 34.4 Å². The molecule has 0 heterocycles. The maximum absolute atomic E-state index is 12.5. The third-order valence-corrected chi connectivity index (χ3v) is 4.84. The van der Waals surface area contributed by atoms with Crippen LogP contribution in [-0.4, -0.2) is 38.6 Å². The van der Waals surface area contributed by atoms with Crippen LogP contribution in [0, 0.1) is 11.8 Å². The van der Waals surface area contributed by atoms with Crippen molar-refractivity contribution >= 4 is 29.2 Å². The van der Waals surface area contributed by atoms with E-state index in [0.717, 1.165) is 6.42 Å². The maximum atomic E-state index is 12.5. The molecule has 1 saturated carbocycles. The Hall–Kier alpha value is -3.55. The van der Waals surface area contributed by atoms with Gasteiger partial charge < -0.3 is 24.8 Å². The standard InChI is InChI=1S/C22H24N2O6/c1-13-9-15(13)22(27)30-12-20(25)23-16-10-19(29-3)17(11-18(16)28-2)24-21(26)14-7-5-4-6-8-14/h4-8,10-11,13,15H,9,12H2,1-3H3,(H,23,25)(H,24,26)/t13-,15+/m1/s1. The summed E-state index contributed by atoms with van der Waals surface area (Å²) in [6, 6.07) is 11.8. The number of nitrogens with one attached hydrogen (secondary N) is 2. The molecule has 0 radical (unpaired) electrons. The highest BCUT2D eigenvalue weighted by Crippen LogP contribution is 2.39. The Bertz CT molecular complexity index is 944. The van der Waals surface area contributed by atoms with Crippen LogP contribution >= 0.6 is 0 Å². The van der Waals surface area contributed by atoms with Crippen molar-refractivity contribution in [3.05, 3.63) is 48.0 Å². The highest BCUT2D eigenvalue weighted by molar-refractivity contribution is 6.05. The van der Waals surface area contributed by atoms with Gasteiger partial charge in [-0.05, 0) is 24.5 Å². The van der Waals surface area contributed by atoms with Crippen LogP contribution in [0.15, 0.2) is 42.5 Å². The Morgan fingerprint density at radius 2 is 1.53 bits per heavy atom. The van der Waals surface area contributed by atoms with Crippen molar-refractivity contribution in [2.24, 2.45) is 11.8 Å². The second-order valence-electron chi connectivity index (χ2n) is 7.05. The number of hydrogen-bond donors (Lipinski definition) is 2. The third kappa shape index (κ3) is 5.08. The molecule has 0 bridgehead atoms. The lowest BCUT2D eigenvalue weighted by Crippen LogP contribution is -2.22. The summed E-state index contributed by atoms with van der Waals surface area (Å²) in [7, 11) is 2.89. The van der Waals surface area contributed by atoms with Gasteiger partial charge in [0.15, 0.2) is 6.61 Å². The quantitative estimate of drug-likeness (QED) is 0.646. The molecule has 8 heteroatoms. The van der Waals surface area contributed by atoms with Crippen molar-refractivity contribution in [2.75, 3.05) is 31.5 Å². The molecule has 158 valence electrons. The van der Waals surface area contributed by atoms with Gasteiger partial charge in [-0.25, -0.2) is 0 Å². The van der Waals surface area contributed by atoms with E-state index in [1.165, 1.54) is 20.3 Å². The molecule has 2 N–H and O–H groups in total. The van der Waals surface area contributed by atoms with Crippen molar-refractivity contribution in [1.82, 2.24) is 0 Å². The fourth-order valence-corrected chi connectivity index (χ4v) is 2.96. The Kier molecular flexibility index (Phi) is 6.56. The van der Waals surface area contributed by atoms with Crippen molar-refractivity contribution in [2.45, 2.75) is 13.3 Å². The second kappa shape index (κ2) is 9.30. The summed E-state index contributed by atoms with van der Waals surface area (Å²) in [5.74, 6) is -0.328.